The van der Waals surface area contributed by atoms with Crippen molar-refractivity contribution >= 4 is 51.1 Å². The van der Waals surface area contributed by atoms with E-state index in [-0.39, 0.29) is 17.9 Å². The summed E-state index contributed by atoms with van der Waals surface area (Å²) in [5.74, 6) is 0. The molecule has 0 aliphatic rings. The van der Waals surface area contributed by atoms with Gasteiger partial charge in [0.25, 0.3) is 5.24 Å². The predicted molar refractivity (Wildman–Crippen MR) is 101 cm³/mol. The number of hydrogen-bond acceptors (Lipinski definition) is 2. The molecule has 2 aromatic carbocycles. The number of alkyl halides is 3. The van der Waals surface area contributed by atoms with Crippen LogP contribution in [0.2, 0.25) is 0 Å². The molecule has 0 spiro atoms. The highest BCUT2D eigenvalue weighted by atomic mass is 35.5. The van der Waals surface area contributed by atoms with Gasteiger partial charge in [-0.15, -0.1) is 12.4 Å². The van der Waals surface area contributed by atoms with E-state index in [2.05, 4.69) is 4.98 Å². The Morgan fingerprint density at radius 1 is 1.00 bits per heavy atom. The highest BCUT2D eigenvalue weighted by molar-refractivity contribution is 6.68. The molecule has 2 aromatic heterocycles. The van der Waals surface area contributed by atoms with Gasteiger partial charge in [0.1, 0.15) is 0 Å². The highest BCUT2D eigenvalue weighted by Gasteiger charge is 2.33. The van der Waals surface area contributed by atoms with Crippen molar-refractivity contribution < 1.29 is 18.0 Å². The van der Waals surface area contributed by atoms with E-state index in [1.807, 2.05) is 0 Å². The van der Waals surface area contributed by atoms with Crippen LogP contribution in [0.3, 0.4) is 0 Å². The van der Waals surface area contributed by atoms with Crippen LogP contribution in [-0.2, 0) is 6.18 Å². The van der Waals surface area contributed by atoms with E-state index < -0.39 is 17.0 Å². The van der Waals surface area contributed by atoms with Gasteiger partial charge in [-0.2, -0.15) is 13.2 Å². The molecular weight excluding hydrogens is 400 g/mol. The average Bonchev–Trinajstić information content (AvgIpc) is 2.99. The molecule has 0 amide bonds. The summed E-state index contributed by atoms with van der Waals surface area (Å²) in [6.45, 7) is 0. The van der Waals surface area contributed by atoms with E-state index in [9.17, 15) is 18.0 Å². The molecule has 0 saturated heterocycles. The van der Waals surface area contributed by atoms with Crippen LogP contribution in [0, 0.1) is 0 Å². The second kappa shape index (κ2) is 6.87. The first-order valence-electron chi connectivity index (χ1n) is 7.63. The van der Waals surface area contributed by atoms with Gasteiger partial charge in [-0.25, -0.2) is 0 Å². The maximum Gasteiger partial charge on any atom is 0.418 e. The molecule has 0 aliphatic carbocycles. The van der Waals surface area contributed by atoms with Crippen molar-refractivity contribution in [2.75, 3.05) is 0 Å². The first kappa shape index (κ1) is 19.2. The van der Waals surface area contributed by atoms with Gasteiger partial charge in [0.15, 0.2) is 0 Å². The van der Waals surface area contributed by atoms with Crippen LogP contribution in [0.4, 0.5) is 13.2 Å². The average molecular weight is 411 g/mol. The van der Waals surface area contributed by atoms with E-state index in [0.717, 1.165) is 6.07 Å². The number of benzene rings is 2. The van der Waals surface area contributed by atoms with Gasteiger partial charge < -0.3 is 4.57 Å². The number of halogens is 5. The number of hydrogen-bond donors (Lipinski definition) is 0. The fourth-order valence-electron chi connectivity index (χ4n) is 3.14. The fourth-order valence-corrected chi connectivity index (χ4v) is 3.29. The lowest BCUT2D eigenvalue weighted by Gasteiger charge is -2.13. The Labute approximate surface area is 162 Å². The predicted octanol–water partition coefficient (Wildman–Crippen LogP) is 6.00. The molecule has 4 rings (SSSR count). The molecule has 0 N–H and O–H groups in total. The molecule has 0 fully saturated rings. The number of para-hydroxylation sites is 2. The maximum absolute atomic E-state index is 13.3. The lowest BCUT2D eigenvalue weighted by atomic mass is 10.1. The molecule has 2 heterocycles. The fraction of sp³-hybridized carbons (Fsp3) is 0.0526. The van der Waals surface area contributed by atoms with Gasteiger partial charge in [-0.05, 0) is 29.8 Å². The van der Waals surface area contributed by atoms with Gasteiger partial charge in [0, 0.05) is 23.2 Å². The highest BCUT2D eigenvalue weighted by Crippen LogP contribution is 2.36. The largest absolute Gasteiger partial charge is 0.418 e. The monoisotopic (exact) mass is 410 g/mol. The third kappa shape index (κ3) is 3.15. The molecule has 27 heavy (non-hydrogen) atoms. The minimum atomic E-state index is -4.51. The summed E-state index contributed by atoms with van der Waals surface area (Å²) in [7, 11) is 0. The minimum absolute atomic E-state index is 0. The van der Waals surface area contributed by atoms with E-state index >= 15 is 0 Å². The lowest BCUT2D eigenvalue weighted by molar-refractivity contribution is -0.136. The Morgan fingerprint density at radius 3 is 2.41 bits per heavy atom. The van der Waals surface area contributed by atoms with Crippen molar-refractivity contribution in [3.05, 3.63) is 72.1 Å². The standard InChI is InChI=1S/C19H10ClF3N2O.ClH/c20-18(26)13-10-25(15-7-2-1-4-11(13)15)16-8-9-24-17-12(16)5-3-6-14(17)19(21,22)23;/h1-10H;1H. The third-order valence-corrected chi connectivity index (χ3v) is 4.44. The summed E-state index contributed by atoms with van der Waals surface area (Å²) >= 11 is 5.67. The molecular formula is C19H11Cl2F3N2O. The van der Waals surface area contributed by atoms with Crippen molar-refractivity contribution in [2.45, 2.75) is 6.18 Å². The lowest BCUT2D eigenvalue weighted by Crippen LogP contribution is -2.07. The number of carbonyl (C=O) groups excluding carboxylic acids is 1. The Kier molecular flexibility index (Phi) is 4.88. The summed E-state index contributed by atoms with van der Waals surface area (Å²) in [6, 6.07) is 12.6. The van der Waals surface area contributed by atoms with Gasteiger partial charge in [0.2, 0.25) is 0 Å². The number of aromatic nitrogens is 2. The van der Waals surface area contributed by atoms with Crippen LogP contribution in [0.5, 0.6) is 0 Å². The number of pyridine rings is 1. The van der Waals surface area contributed by atoms with Crippen LogP contribution < -0.4 is 0 Å². The molecule has 0 radical (unpaired) electrons. The van der Waals surface area contributed by atoms with Gasteiger partial charge in [-0.3, -0.25) is 9.78 Å². The topological polar surface area (TPSA) is 34.9 Å². The first-order chi connectivity index (χ1) is 12.4. The van der Waals surface area contributed by atoms with E-state index in [1.54, 1.807) is 41.0 Å². The zero-order valence-electron chi connectivity index (χ0n) is 13.5. The normalized spacial score (nSPS) is 11.6. The van der Waals surface area contributed by atoms with Crippen molar-refractivity contribution in [3.63, 3.8) is 0 Å². The maximum atomic E-state index is 13.3. The summed E-state index contributed by atoms with van der Waals surface area (Å²) in [5, 5.41) is 0.329. The Bertz CT molecular complexity index is 1170. The first-order valence-corrected chi connectivity index (χ1v) is 8.01. The molecule has 0 aliphatic heterocycles. The van der Waals surface area contributed by atoms with Crippen LogP contribution >= 0.6 is 24.0 Å². The quantitative estimate of drug-likeness (QED) is 0.380. The number of carbonyl (C=O) groups is 1. The molecule has 0 atom stereocenters. The van der Waals surface area contributed by atoms with Crippen molar-refractivity contribution in [1.82, 2.24) is 9.55 Å². The molecule has 0 unspecified atom stereocenters. The molecule has 3 nitrogen and oxygen atoms in total. The zero-order valence-corrected chi connectivity index (χ0v) is 15.1. The molecule has 8 heteroatoms. The second-order valence-electron chi connectivity index (χ2n) is 5.73. The van der Waals surface area contributed by atoms with Gasteiger partial charge in [0.05, 0.1) is 27.8 Å². The van der Waals surface area contributed by atoms with Crippen LogP contribution in [0.1, 0.15) is 15.9 Å². The second-order valence-corrected chi connectivity index (χ2v) is 6.08. The Balaban J connectivity index is 0.00000210. The molecule has 0 bridgehead atoms. The van der Waals surface area contributed by atoms with Crippen LogP contribution in [0.15, 0.2) is 60.9 Å². The third-order valence-electron chi connectivity index (χ3n) is 4.24. The van der Waals surface area contributed by atoms with E-state index in [1.165, 1.54) is 18.5 Å². The summed E-state index contributed by atoms with van der Waals surface area (Å²) in [6.07, 6.45) is -1.65. The Morgan fingerprint density at radius 2 is 1.70 bits per heavy atom. The van der Waals surface area contributed by atoms with Crippen LogP contribution in [-0.4, -0.2) is 14.8 Å². The minimum Gasteiger partial charge on any atom is -0.315 e. The Hall–Kier alpha value is -2.57. The van der Waals surface area contributed by atoms with Gasteiger partial charge in [-0.1, -0.05) is 30.3 Å². The van der Waals surface area contributed by atoms with Crippen molar-refractivity contribution in [3.8, 4) is 5.69 Å². The van der Waals surface area contributed by atoms with Gasteiger partial charge >= 0.3 is 6.18 Å². The van der Waals surface area contributed by atoms with E-state index in [0.29, 0.717) is 27.5 Å². The number of rotatable bonds is 2. The summed E-state index contributed by atoms with van der Waals surface area (Å²) in [5.41, 5.74) is 0.498. The zero-order chi connectivity index (χ0) is 18.5. The molecule has 4 aromatic rings. The molecule has 0 saturated carbocycles. The molecule has 138 valence electrons. The SMILES string of the molecule is Cl.O=C(Cl)c1cn(-c2ccnc3c(C(F)(F)F)cccc23)c2ccccc12. The number of nitrogens with zero attached hydrogens (tertiary/aromatic N) is 2. The van der Waals surface area contributed by atoms with E-state index in [4.69, 9.17) is 11.6 Å². The smallest absolute Gasteiger partial charge is 0.315 e. The summed E-state index contributed by atoms with van der Waals surface area (Å²) < 4.78 is 41.6. The van der Waals surface area contributed by atoms with Crippen molar-refractivity contribution in [2.24, 2.45) is 0 Å². The summed E-state index contributed by atoms with van der Waals surface area (Å²) in [4.78, 5) is 15.7. The van der Waals surface area contributed by atoms with Crippen molar-refractivity contribution in [1.29, 1.82) is 0 Å². The van der Waals surface area contributed by atoms with Crippen LogP contribution in [0.25, 0.3) is 27.5 Å². The number of fused-ring (bicyclic) bond motifs is 2.